The van der Waals surface area contributed by atoms with Crippen LogP contribution in [-0.4, -0.2) is 47.7 Å². The first-order valence-electron chi connectivity index (χ1n) is 6.67. The molecule has 1 aromatic rings. The van der Waals surface area contributed by atoms with E-state index in [0.29, 0.717) is 18.7 Å². The molecular weight excluding hydrogens is 272 g/mol. The Morgan fingerprint density at radius 3 is 2.76 bits per heavy atom. The minimum absolute atomic E-state index is 0.0738. The second-order valence-corrected chi connectivity index (χ2v) is 4.86. The Bertz CT molecular complexity index is 626. The van der Waals surface area contributed by atoms with Gasteiger partial charge in [0.1, 0.15) is 6.04 Å². The molecule has 2 saturated heterocycles. The van der Waals surface area contributed by atoms with Crippen LogP contribution in [-0.2, 0) is 9.59 Å². The Balaban J connectivity index is 1.88. The Kier molecular flexibility index (Phi) is 3.39. The fourth-order valence-electron chi connectivity index (χ4n) is 2.43. The molecule has 3 rings (SSSR count). The minimum Gasteiger partial charge on any atom is -0.353 e. The van der Waals surface area contributed by atoms with Gasteiger partial charge >= 0.3 is 0 Å². The first kappa shape index (κ1) is 13.3. The van der Waals surface area contributed by atoms with Crippen LogP contribution in [0.15, 0.2) is 35.3 Å². The molecule has 3 amide bonds. The number of guanidine groups is 1. The molecular formula is C14H14N4O3. The fourth-order valence-corrected chi connectivity index (χ4v) is 2.43. The Labute approximate surface area is 121 Å². The molecule has 7 heteroatoms. The van der Waals surface area contributed by atoms with Crippen molar-refractivity contribution in [2.24, 2.45) is 4.99 Å². The van der Waals surface area contributed by atoms with Crippen LogP contribution in [0.25, 0.3) is 0 Å². The van der Waals surface area contributed by atoms with Gasteiger partial charge in [0.15, 0.2) is 0 Å². The predicted octanol–water partition coefficient (Wildman–Crippen LogP) is -0.497. The standard InChI is InChI=1S/C14H14N4O3/c19-11-8-10-13(21)15-6-7-18(10)14(16-11)17-12(20)9-4-2-1-3-5-9/h1-5,10H,6-8H2,(H,15,21)(H,16,17,19,20)/t10-/m1/s1. The average Bonchev–Trinajstić information content (AvgIpc) is 2.49. The zero-order valence-electron chi connectivity index (χ0n) is 11.2. The second kappa shape index (κ2) is 5.35. The lowest BCUT2D eigenvalue weighted by molar-refractivity contribution is -0.133. The van der Waals surface area contributed by atoms with Crippen LogP contribution >= 0.6 is 0 Å². The van der Waals surface area contributed by atoms with Gasteiger partial charge in [0.05, 0.1) is 6.42 Å². The number of hydrogen-bond donors (Lipinski definition) is 2. The number of benzene rings is 1. The van der Waals surface area contributed by atoms with Gasteiger partial charge in [-0.3, -0.25) is 19.7 Å². The molecule has 7 nitrogen and oxygen atoms in total. The van der Waals surface area contributed by atoms with Crippen LogP contribution in [0.5, 0.6) is 0 Å². The van der Waals surface area contributed by atoms with Crippen LogP contribution in [0.2, 0.25) is 0 Å². The van der Waals surface area contributed by atoms with E-state index >= 15 is 0 Å². The van der Waals surface area contributed by atoms with Crippen molar-refractivity contribution < 1.29 is 14.4 Å². The minimum atomic E-state index is -0.588. The molecule has 108 valence electrons. The highest BCUT2D eigenvalue weighted by molar-refractivity contribution is 6.10. The van der Waals surface area contributed by atoms with Gasteiger partial charge in [0.25, 0.3) is 5.91 Å². The zero-order chi connectivity index (χ0) is 14.8. The molecule has 0 saturated carbocycles. The van der Waals surface area contributed by atoms with Crippen molar-refractivity contribution in [3.8, 4) is 0 Å². The number of carbonyl (C=O) groups excluding carboxylic acids is 3. The zero-order valence-corrected chi connectivity index (χ0v) is 11.2. The van der Waals surface area contributed by atoms with Crippen LogP contribution in [0.1, 0.15) is 16.8 Å². The summed E-state index contributed by atoms with van der Waals surface area (Å²) in [6.45, 7) is 0.974. The van der Waals surface area contributed by atoms with Crippen molar-refractivity contribution in [1.82, 2.24) is 15.5 Å². The summed E-state index contributed by atoms with van der Waals surface area (Å²) in [5, 5.41) is 5.28. The molecule has 1 atom stereocenters. The molecule has 2 aliphatic rings. The molecule has 0 unspecified atom stereocenters. The van der Waals surface area contributed by atoms with Crippen molar-refractivity contribution in [2.45, 2.75) is 12.5 Å². The lowest BCUT2D eigenvalue weighted by atomic mass is 10.1. The van der Waals surface area contributed by atoms with Crippen LogP contribution in [0.4, 0.5) is 0 Å². The van der Waals surface area contributed by atoms with Gasteiger partial charge in [-0.05, 0) is 12.1 Å². The largest absolute Gasteiger partial charge is 0.353 e. The number of rotatable bonds is 1. The summed E-state index contributed by atoms with van der Waals surface area (Å²) in [4.78, 5) is 41.2. The van der Waals surface area contributed by atoms with E-state index in [4.69, 9.17) is 0 Å². The highest BCUT2D eigenvalue weighted by atomic mass is 16.2. The smallest absolute Gasteiger partial charge is 0.280 e. The van der Waals surface area contributed by atoms with E-state index in [9.17, 15) is 14.4 Å². The normalized spacial score (nSPS) is 23.3. The van der Waals surface area contributed by atoms with E-state index in [2.05, 4.69) is 15.6 Å². The first-order chi connectivity index (χ1) is 10.1. The maximum atomic E-state index is 12.1. The lowest BCUT2D eigenvalue weighted by Gasteiger charge is -2.39. The number of nitrogens with one attached hydrogen (secondary N) is 2. The van der Waals surface area contributed by atoms with Crippen molar-refractivity contribution >= 4 is 23.7 Å². The highest BCUT2D eigenvalue weighted by Crippen LogP contribution is 2.14. The summed E-state index contributed by atoms with van der Waals surface area (Å²) in [5.41, 5.74) is 0.433. The first-order valence-corrected chi connectivity index (χ1v) is 6.67. The van der Waals surface area contributed by atoms with Crippen molar-refractivity contribution in [2.75, 3.05) is 13.1 Å². The van der Waals surface area contributed by atoms with Crippen LogP contribution < -0.4 is 10.6 Å². The van der Waals surface area contributed by atoms with E-state index in [-0.39, 0.29) is 24.2 Å². The molecule has 1 aromatic carbocycles. The van der Waals surface area contributed by atoms with Gasteiger partial charge in [-0.15, -0.1) is 0 Å². The van der Waals surface area contributed by atoms with Gasteiger partial charge < -0.3 is 10.2 Å². The topological polar surface area (TPSA) is 90.9 Å². The van der Waals surface area contributed by atoms with E-state index < -0.39 is 11.9 Å². The van der Waals surface area contributed by atoms with E-state index in [0.717, 1.165) is 0 Å². The van der Waals surface area contributed by atoms with E-state index in [1.807, 2.05) is 0 Å². The Morgan fingerprint density at radius 1 is 1.24 bits per heavy atom. The van der Waals surface area contributed by atoms with Crippen LogP contribution in [0.3, 0.4) is 0 Å². The number of carbonyl (C=O) groups is 3. The summed E-state index contributed by atoms with van der Waals surface area (Å²) < 4.78 is 0. The second-order valence-electron chi connectivity index (χ2n) is 4.86. The number of nitrogens with zero attached hydrogens (tertiary/aromatic N) is 2. The number of aliphatic imine (C=N–C) groups is 1. The molecule has 2 fully saturated rings. The Morgan fingerprint density at radius 2 is 2.00 bits per heavy atom. The third kappa shape index (κ3) is 2.62. The van der Waals surface area contributed by atoms with E-state index in [1.165, 1.54) is 0 Å². The highest BCUT2D eigenvalue weighted by Gasteiger charge is 2.38. The summed E-state index contributed by atoms with van der Waals surface area (Å²) in [6.07, 6.45) is 0.0738. The molecule has 0 spiro atoms. The third-order valence-electron chi connectivity index (χ3n) is 3.46. The number of hydrogen-bond acceptors (Lipinski definition) is 3. The monoisotopic (exact) mass is 286 g/mol. The Hall–Kier alpha value is -2.70. The SMILES string of the molecule is O=C1C[C@@H]2C(=O)NCCN2C(=NC(=O)c2ccccc2)N1. The van der Waals surface area contributed by atoms with Crippen molar-refractivity contribution in [1.29, 1.82) is 0 Å². The quantitative estimate of drug-likeness (QED) is 0.728. The van der Waals surface area contributed by atoms with Gasteiger partial charge in [0, 0.05) is 18.7 Å². The summed E-state index contributed by atoms with van der Waals surface area (Å²) in [7, 11) is 0. The number of piperazine rings is 1. The van der Waals surface area contributed by atoms with Crippen molar-refractivity contribution in [3.63, 3.8) is 0 Å². The predicted molar refractivity (Wildman–Crippen MR) is 74.5 cm³/mol. The average molecular weight is 286 g/mol. The summed E-state index contributed by atoms with van der Waals surface area (Å²) in [6, 6.07) is 8.00. The molecule has 2 aliphatic heterocycles. The molecule has 2 heterocycles. The van der Waals surface area contributed by atoms with Crippen molar-refractivity contribution in [3.05, 3.63) is 35.9 Å². The maximum Gasteiger partial charge on any atom is 0.280 e. The van der Waals surface area contributed by atoms with Gasteiger partial charge in [-0.25, -0.2) is 0 Å². The number of fused-ring (bicyclic) bond motifs is 1. The van der Waals surface area contributed by atoms with Gasteiger partial charge in [0.2, 0.25) is 17.8 Å². The third-order valence-corrected chi connectivity index (χ3v) is 3.46. The molecule has 0 aliphatic carbocycles. The van der Waals surface area contributed by atoms with Crippen LogP contribution in [0, 0.1) is 0 Å². The molecule has 0 radical (unpaired) electrons. The number of amides is 3. The molecule has 0 bridgehead atoms. The lowest BCUT2D eigenvalue weighted by Crippen LogP contribution is -2.65. The van der Waals surface area contributed by atoms with E-state index in [1.54, 1.807) is 35.2 Å². The van der Waals surface area contributed by atoms with Gasteiger partial charge in [-0.2, -0.15) is 4.99 Å². The fraction of sp³-hybridized carbons (Fsp3) is 0.286. The van der Waals surface area contributed by atoms with Gasteiger partial charge in [-0.1, -0.05) is 18.2 Å². The molecule has 2 N–H and O–H groups in total. The summed E-state index contributed by atoms with van der Waals surface area (Å²) in [5.74, 6) is -0.818. The molecule has 0 aromatic heterocycles. The molecule has 21 heavy (non-hydrogen) atoms. The maximum absolute atomic E-state index is 12.1. The summed E-state index contributed by atoms with van der Waals surface area (Å²) >= 11 is 0.